The summed E-state index contributed by atoms with van der Waals surface area (Å²) in [6, 6.07) is 13.6. The minimum absolute atomic E-state index is 0.0388. The number of amides is 2. The van der Waals surface area contributed by atoms with Crippen LogP contribution in [-0.2, 0) is 21.6 Å². The van der Waals surface area contributed by atoms with E-state index in [-0.39, 0.29) is 6.03 Å². The van der Waals surface area contributed by atoms with Gasteiger partial charge in [-0.3, -0.25) is 4.90 Å². The fourth-order valence-corrected chi connectivity index (χ4v) is 5.03. The van der Waals surface area contributed by atoms with Crippen molar-refractivity contribution in [2.24, 2.45) is 5.92 Å². The number of urea groups is 1. The number of nitrogens with zero attached hydrogens (tertiary/aromatic N) is 2. The molecule has 0 saturated heterocycles. The first-order valence-electron chi connectivity index (χ1n) is 11.5. The number of anilines is 1. The first-order chi connectivity index (χ1) is 16.5. The smallest absolute Gasteiger partial charge is 0.325 e. The highest BCUT2D eigenvalue weighted by Gasteiger charge is 2.56. The van der Waals surface area contributed by atoms with Crippen molar-refractivity contribution in [2.45, 2.75) is 31.3 Å². The number of hydrogen-bond donors (Lipinski definition) is 0. The molecule has 6 nitrogen and oxygen atoms in total. The topological polar surface area (TPSA) is 51.2 Å². The second-order valence-electron chi connectivity index (χ2n) is 8.68. The second-order valence-corrected chi connectivity index (χ2v) is 9.12. The molecular weight excluding hydrogens is 452 g/mol. The van der Waals surface area contributed by atoms with Gasteiger partial charge in [-0.15, -0.1) is 0 Å². The first-order valence-corrected chi connectivity index (χ1v) is 11.9. The number of carbonyl (C=O) groups excluding carboxylic acids is 1. The molecule has 1 heterocycles. The van der Waals surface area contributed by atoms with Crippen molar-refractivity contribution in [3.05, 3.63) is 58.6 Å². The molecule has 7 heteroatoms. The zero-order chi connectivity index (χ0) is 24.1. The molecule has 0 bridgehead atoms. The zero-order valence-electron chi connectivity index (χ0n) is 20.0. The monoisotopic (exact) mass is 482 g/mol. The molecule has 1 unspecified atom stereocenters. The molecule has 34 heavy (non-hydrogen) atoms. The number of carbonyl (C=O) groups is 1. The van der Waals surface area contributed by atoms with Crippen LogP contribution in [0.4, 0.5) is 10.5 Å². The molecule has 2 aromatic carbocycles. The van der Waals surface area contributed by atoms with Gasteiger partial charge in [-0.1, -0.05) is 35.6 Å². The second kappa shape index (κ2) is 10.7. The molecule has 0 N–H and O–H groups in total. The summed E-state index contributed by atoms with van der Waals surface area (Å²) >= 11 is 6.53. The van der Waals surface area contributed by atoms with Gasteiger partial charge in [0.2, 0.25) is 0 Å². The summed E-state index contributed by atoms with van der Waals surface area (Å²) in [5.74, 6) is 7.49. The summed E-state index contributed by atoms with van der Waals surface area (Å²) in [5.41, 5.74) is 2.41. The number of fused-ring (bicyclic) bond motifs is 1. The van der Waals surface area contributed by atoms with Gasteiger partial charge in [-0.2, -0.15) is 0 Å². The van der Waals surface area contributed by atoms with Gasteiger partial charge in [0.25, 0.3) is 0 Å². The normalized spacial score (nSPS) is 19.5. The van der Waals surface area contributed by atoms with Crippen molar-refractivity contribution < 1.29 is 19.0 Å². The summed E-state index contributed by atoms with van der Waals surface area (Å²) in [7, 11) is 4.93. The molecule has 0 aromatic heterocycles. The van der Waals surface area contributed by atoms with E-state index < -0.39 is 5.54 Å². The van der Waals surface area contributed by atoms with Crippen molar-refractivity contribution in [1.82, 2.24) is 4.90 Å². The zero-order valence-corrected chi connectivity index (χ0v) is 20.7. The molecule has 1 fully saturated rings. The maximum absolute atomic E-state index is 14.1. The molecule has 4 rings (SSSR count). The van der Waals surface area contributed by atoms with Crippen molar-refractivity contribution in [3.63, 3.8) is 0 Å². The van der Waals surface area contributed by atoms with Gasteiger partial charge in [-0.25, -0.2) is 4.79 Å². The predicted octanol–water partition coefficient (Wildman–Crippen LogP) is 5.08. The quantitative estimate of drug-likeness (QED) is 0.467. The highest BCUT2D eigenvalue weighted by molar-refractivity contribution is 6.30. The van der Waals surface area contributed by atoms with Crippen molar-refractivity contribution in [3.8, 4) is 17.6 Å². The maximum Gasteiger partial charge on any atom is 0.325 e. The van der Waals surface area contributed by atoms with Crippen LogP contribution in [0.3, 0.4) is 0 Å². The van der Waals surface area contributed by atoms with Crippen LogP contribution in [0.15, 0.2) is 42.5 Å². The fraction of sp³-hybridized carbons (Fsp3) is 0.444. The van der Waals surface area contributed by atoms with E-state index in [9.17, 15) is 4.79 Å². The van der Waals surface area contributed by atoms with Crippen LogP contribution < -0.4 is 9.64 Å². The lowest BCUT2D eigenvalue weighted by molar-refractivity contribution is 0.0647. The van der Waals surface area contributed by atoms with Gasteiger partial charge in [0.15, 0.2) is 0 Å². The summed E-state index contributed by atoms with van der Waals surface area (Å²) in [4.78, 5) is 17.9. The summed E-state index contributed by atoms with van der Waals surface area (Å²) < 4.78 is 15.8. The molecule has 0 spiro atoms. The van der Waals surface area contributed by atoms with Gasteiger partial charge in [0.1, 0.15) is 12.4 Å². The Balaban J connectivity index is 1.81. The SMILES string of the molecule is COCC#CCC1(C2CC2)c2cc(Cl)ccc2N(Cc2ccc(OC)cc2)C(=O)N1CCOC. The van der Waals surface area contributed by atoms with Crippen LogP contribution in [0, 0.1) is 17.8 Å². The van der Waals surface area contributed by atoms with E-state index in [1.807, 2.05) is 52.3 Å². The largest absolute Gasteiger partial charge is 0.497 e. The molecular formula is C27H31ClN2O4. The van der Waals surface area contributed by atoms with Crippen LogP contribution >= 0.6 is 11.6 Å². The Hall–Kier alpha value is -2.72. The number of benzene rings is 2. The maximum atomic E-state index is 14.1. The molecule has 180 valence electrons. The van der Waals surface area contributed by atoms with Crippen LogP contribution in [-0.4, -0.2) is 52.0 Å². The lowest BCUT2D eigenvalue weighted by atomic mass is 9.77. The van der Waals surface area contributed by atoms with E-state index in [1.54, 1.807) is 21.3 Å². The van der Waals surface area contributed by atoms with Crippen LogP contribution in [0.2, 0.25) is 5.02 Å². The third-order valence-corrected chi connectivity index (χ3v) is 6.87. The minimum Gasteiger partial charge on any atom is -0.497 e. The van der Waals surface area contributed by atoms with Crippen molar-refractivity contribution in [2.75, 3.05) is 46.0 Å². The number of hydrogen-bond acceptors (Lipinski definition) is 4. The molecule has 2 aliphatic rings. The van der Waals surface area contributed by atoms with Gasteiger partial charge in [0, 0.05) is 37.8 Å². The first kappa shape index (κ1) is 24.4. The van der Waals surface area contributed by atoms with Gasteiger partial charge in [-0.05, 0) is 54.7 Å². The van der Waals surface area contributed by atoms with E-state index in [0.717, 1.165) is 35.4 Å². The van der Waals surface area contributed by atoms with E-state index in [1.165, 1.54) is 0 Å². The molecule has 1 saturated carbocycles. The highest BCUT2D eigenvalue weighted by atomic mass is 35.5. The lowest BCUT2D eigenvalue weighted by Gasteiger charge is -2.51. The van der Waals surface area contributed by atoms with Crippen LogP contribution in [0.25, 0.3) is 0 Å². The van der Waals surface area contributed by atoms with Gasteiger partial charge >= 0.3 is 6.03 Å². The Morgan fingerprint density at radius 2 is 1.82 bits per heavy atom. The average molecular weight is 483 g/mol. The van der Waals surface area contributed by atoms with Gasteiger partial charge in [0.05, 0.1) is 31.5 Å². The fourth-order valence-electron chi connectivity index (χ4n) is 4.86. The number of ether oxygens (including phenoxy) is 3. The predicted molar refractivity (Wildman–Crippen MR) is 133 cm³/mol. The van der Waals surface area contributed by atoms with E-state index in [0.29, 0.717) is 43.7 Å². The Kier molecular flexibility index (Phi) is 7.67. The molecule has 2 amide bonds. The van der Waals surface area contributed by atoms with Crippen LogP contribution in [0.1, 0.15) is 30.4 Å². The Morgan fingerprint density at radius 1 is 1.06 bits per heavy atom. The highest BCUT2D eigenvalue weighted by Crippen LogP contribution is 2.56. The number of halogens is 1. The third kappa shape index (κ3) is 4.74. The van der Waals surface area contributed by atoms with E-state index in [2.05, 4.69) is 11.8 Å². The summed E-state index contributed by atoms with van der Waals surface area (Å²) in [5, 5.41) is 0.652. The molecule has 2 aromatic rings. The van der Waals surface area contributed by atoms with Gasteiger partial charge < -0.3 is 19.1 Å². The standard InChI is InChI=1S/C27H31ClN2O4/c1-32-16-5-4-14-27(21-8-9-21)24-18-22(28)10-13-25(24)29(26(31)30(27)15-17-33-2)19-20-6-11-23(34-3)12-7-20/h6-7,10-13,18,21H,8-9,14-17,19H2,1-3H3. The molecule has 1 aliphatic carbocycles. The number of rotatable bonds is 9. The Morgan fingerprint density at radius 3 is 2.47 bits per heavy atom. The molecule has 1 atom stereocenters. The number of methoxy groups -OCH3 is 3. The molecule has 1 aliphatic heterocycles. The minimum atomic E-state index is -0.549. The Bertz CT molecular complexity index is 1070. The Labute approximate surface area is 206 Å². The van der Waals surface area contributed by atoms with Crippen LogP contribution in [0.5, 0.6) is 5.75 Å². The van der Waals surface area contributed by atoms with Crippen molar-refractivity contribution >= 4 is 23.3 Å². The average Bonchev–Trinajstić information content (AvgIpc) is 3.70. The van der Waals surface area contributed by atoms with Crippen molar-refractivity contribution in [1.29, 1.82) is 0 Å². The van der Waals surface area contributed by atoms with E-state index >= 15 is 0 Å². The summed E-state index contributed by atoms with van der Waals surface area (Å²) in [6.45, 7) is 1.72. The third-order valence-electron chi connectivity index (χ3n) is 6.63. The molecule has 0 radical (unpaired) electrons. The van der Waals surface area contributed by atoms with E-state index in [4.69, 9.17) is 25.8 Å². The lowest BCUT2D eigenvalue weighted by Crippen LogP contribution is -2.60. The summed E-state index contributed by atoms with van der Waals surface area (Å²) in [6.07, 6.45) is 2.63.